The van der Waals surface area contributed by atoms with E-state index in [0.717, 1.165) is 31.2 Å². The number of hydrogen-bond acceptors (Lipinski definition) is 6. The molecule has 178 valence electrons. The van der Waals surface area contributed by atoms with E-state index in [1.807, 2.05) is 35.2 Å². The molecule has 9 heteroatoms. The molecule has 2 fully saturated rings. The van der Waals surface area contributed by atoms with Crippen LogP contribution in [-0.4, -0.2) is 59.8 Å². The first-order valence-corrected chi connectivity index (χ1v) is 13.2. The third-order valence-corrected chi connectivity index (χ3v) is 8.57. The van der Waals surface area contributed by atoms with Gasteiger partial charge in [-0.1, -0.05) is 35.5 Å². The zero-order chi connectivity index (χ0) is 23.5. The Bertz CT molecular complexity index is 1230. The summed E-state index contributed by atoms with van der Waals surface area (Å²) >= 11 is 0. The van der Waals surface area contributed by atoms with Gasteiger partial charge >= 0.3 is 0 Å². The van der Waals surface area contributed by atoms with Gasteiger partial charge in [0.15, 0.2) is 0 Å². The van der Waals surface area contributed by atoms with Gasteiger partial charge in [0.1, 0.15) is 0 Å². The third kappa shape index (κ3) is 4.76. The van der Waals surface area contributed by atoms with Gasteiger partial charge in [0.05, 0.1) is 11.3 Å². The van der Waals surface area contributed by atoms with Crippen LogP contribution in [0, 0.1) is 0 Å². The first-order chi connectivity index (χ1) is 16.5. The van der Waals surface area contributed by atoms with E-state index in [1.165, 1.54) is 4.31 Å². The van der Waals surface area contributed by atoms with E-state index < -0.39 is 10.0 Å². The number of sulfonamides is 1. The Morgan fingerprint density at radius 2 is 1.62 bits per heavy atom. The first-order valence-electron chi connectivity index (χ1n) is 11.8. The number of benzene rings is 2. The number of carbonyl (C=O) groups is 1. The summed E-state index contributed by atoms with van der Waals surface area (Å²) < 4.78 is 32.5. The highest BCUT2D eigenvalue weighted by atomic mass is 32.2. The zero-order valence-corrected chi connectivity index (χ0v) is 19.8. The van der Waals surface area contributed by atoms with Crippen molar-refractivity contribution in [2.24, 2.45) is 0 Å². The van der Waals surface area contributed by atoms with E-state index in [4.69, 9.17) is 4.52 Å². The lowest BCUT2D eigenvalue weighted by Gasteiger charge is -2.30. The lowest BCUT2D eigenvalue weighted by molar-refractivity contribution is -0.131. The van der Waals surface area contributed by atoms with E-state index >= 15 is 0 Å². The van der Waals surface area contributed by atoms with E-state index in [2.05, 4.69) is 10.1 Å². The minimum Gasteiger partial charge on any atom is -0.342 e. The quantitative estimate of drug-likeness (QED) is 0.536. The van der Waals surface area contributed by atoms with Crippen molar-refractivity contribution in [3.05, 3.63) is 66.1 Å². The summed E-state index contributed by atoms with van der Waals surface area (Å²) in [6, 6.07) is 16.4. The Hall–Kier alpha value is -3.04. The molecule has 3 heterocycles. The summed E-state index contributed by atoms with van der Waals surface area (Å²) in [6.07, 6.45) is 3.77. The fraction of sp³-hybridized carbons (Fsp3) is 0.400. The molecule has 2 aliphatic rings. The van der Waals surface area contributed by atoms with Crippen LogP contribution in [-0.2, 0) is 21.2 Å². The molecule has 1 aromatic heterocycles. The topological polar surface area (TPSA) is 96.6 Å². The van der Waals surface area contributed by atoms with E-state index in [-0.39, 0.29) is 16.7 Å². The average Bonchev–Trinajstić information content (AvgIpc) is 3.58. The van der Waals surface area contributed by atoms with Gasteiger partial charge < -0.3 is 9.42 Å². The first kappa shape index (κ1) is 22.7. The lowest BCUT2D eigenvalue weighted by atomic mass is 9.96. The molecule has 0 spiro atoms. The largest absolute Gasteiger partial charge is 0.342 e. The predicted molar refractivity (Wildman–Crippen MR) is 126 cm³/mol. The Morgan fingerprint density at radius 3 is 2.29 bits per heavy atom. The van der Waals surface area contributed by atoms with Crippen LogP contribution in [0.4, 0.5) is 0 Å². The second-order valence-corrected chi connectivity index (χ2v) is 10.8. The number of carbonyl (C=O) groups excluding carboxylic acids is 1. The number of likely N-dealkylation sites (tertiary alicyclic amines) is 1. The highest BCUT2D eigenvalue weighted by Gasteiger charge is 2.29. The molecule has 0 aliphatic carbocycles. The minimum absolute atomic E-state index is 0.108. The van der Waals surface area contributed by atoms with Crippen LogP contribution in [0.2, 0.25) is 0 Å². The van der Waals surface area contributed by atoms with Gasteiger partial charge in [-0.15, -0.1) is 0 Å². The molecule has 0 bridgehead atoms. The Morgan fingerprint density at radius 1 is 0.941 bits per heavy atom. The molecule has 8 nitrogen and oxygen atoms in total. The maximum atomic E-state index is 12.7. The van der Waals surface area contributed by atoms with E-state index in [0.29, 0.717) is 49.9 Å². The highest BCUT2D eigenvalue weighted by Crippen LogP contribution is 2.29. The third-order valence-electron chi connectivity index (χ3n) is 6.65. The summed E-state index contributed by atoms with van der Waals surface area (Å²) in [5.74, 6) is 1.26. The van der Waals surface area contributed by atoms with Gasteiger partial charge in [-0.2, -0.15) is 9.29 Å². The monoisotopic (exact) mass is 480 g/mol. The summed E-state index contributed by atoms with van der Waals surface area (Å²) in [5.41, 5.74) is 1.74. The van der Waals surface area contributed by atoms with Crippen molar-refractivity contribution in [3.8, 4) is 11.4 Å². The van der Waals surface area contributed by atoms with Crippen molar-refractivity contribution in [2.75, 3.05) is 26.2 Å². The van der Waals surface area contributed by atoms with Crippen molar-refractivity contribution >= 4 is 15.9 Å². The van der Waals surface area contributed by atoms with Gasteiger partial charge in [-0.25, -0.2) is 8.42 Å². The average molecular weight is 481 g/mol. The standard InChI is InChI=1S/C25H28N4O4S/c30-23(18-19-6-2-1-3-7-19)28-16-12-21(13-17-28)25-26-24(27-33-25)20-8-10-22(11-9-20)34(31,32)29-14-4-5-15-29/h1-3,6-11,21H,4-5,12-18H2. The van der Waals surface area contributed by atoms with Crippen molar-refractivity contribution in [2.45, 2.75) is 42.9 Å². The van der Waals surface area contributed by atoms with Crippen molar-refractivity contribution < 1.29 is 17.7 Å². The Kier molecular flexibility index (Phi) is 6.47. The number of amides is 1. The van der Waals surface area contributed by atoms with Crippen LogP contribution < -0.4 is 0 Å². The van der Waals surface area contributed by atoms with Crippen molar-refractivity contribution in [1.82, 2.24) is 19.3 Å². The zero-order valence-electron chi connectivity index (χ0n) is 19.0. The molecule has 34 heavy (non-hydrogen) atoms. The minimum atomic E-state index is -3.45. The molecule has 0 atom stereocenters. The Labute approximate surface area is 199 Å². The van der Waals surface area contributed by atoms with Crippen LogP contribution in [0.5, 0.6) is 0 Å². The molecule has 2 aliphatic heterocycles. The lowest BCUT2D eigenvalue weighted by Crippen LogP contribution is -2.38. The highest BCUT2D eigenvalue weighted by molar-refractivity contribution is 7.89. The molecule has 0 radical (unpaired) electrons. The fourth-order valence-corrected chi connectivity index (χ4v) is 6.15. The van der Waals surface area contributed by atoms with E-state index in [1.54, 1.807) is 24.3 Å². The normalized spacial score (nSPS) is 17.8. The van der Waals surface area contributed by atoms with Crippen LogP contribution in [0.3, 0.4) is 0 Å². The van der Waals surface area contributed by atoms with Crippen LogP contribution in [0.15, 0.2) is 64.0 Å². The van der Waals surface area contributed by atoms with Crippen LogP contribution >= 0.6 is 0 Å². The number of rotatable bonds is 6. The molecule has 0 saturated carbocycles. The summed E-state index contributed by atoms with van der Waals surface area (Å²) in [6.45, 7) is 2.48. The maximum Gasteiger partial charge on any atom is 0.243 e. The van der Waals surface area contributed by atoms with Gasteiger partial charge in [0.2, 0.25) is 27.6 Å². The molecule has 5 rings (SSSR count). The molecule has 0 unspecified atom stereocenters. The molecule has 3 aromatic rings. The van der Waals surface area contributed by atoms with Crippen molar-refractivity contribution in [1.29, 1.82) is 0 Å². The van der Waals surface area contributed by atoms with Gasteiger partial charge in [-0.3, -0.25) is 4.79 Å². The summed E-state index contributed by atoms with van der Waals surface area (Å²) in [4.78, 5) is 19.4. The van der Waals surface area contributed by atoms with Gasteiger partial charge in [0, 0.05) is 37.7 Å². The molecular weight excluding hydrogens is 452 g/mol. The summed E-state index contributed by atoms with van der Waals surface area (Å²) in [5, 5.41) is 4.11. The number of nitrogens with zero attached hydrogens (tertiary/aromatic N) is 4. The van der Waals surface area contributed by atoms with Gasteiger partial charge in [0.25, 0.3) is 0 Å². The smallest absolute Gasteiger partial charge is 0.243 e. The summed E-state index contributed by atoms with van der Waals surface area (Å²) in [7, 11) is -3.45. The second kappa shape index (κ2) is 9.68. The number of piperidine rings is 1. The molecule has 0 N–H and O–H groups in total. The molecule has 2 saturated heterocycles. The van der Waals surface area contributed by atoms with Gasteiger partial charge in [-0.05, 0) is 55.5 Å². The molecule has 2 aromatic carbocycles. The SMILES string of the molecule is O=C(Cc1ccccc1)N1CCC(c2nc(-c3ccc(S(=O)(=O)N4CCCC4)cc3)no2)CC1. The molecular formula is C25H28N4O4S. The predicted octanol–water partition coefficient (Wildman–Crippen LogP) is 3.47. The number of hydrogen-bond donors (Lipinski definition) is 0. The van der Waals surface area contributed by atoms with Crippen LogP contribution in [0.1, 0.15) is 43.1 Å². The fourth-order valence-electron chi connectivity index (χ4n) is 4.63. The molecule has 1 amide bonds. The number of aromatic nitrogens is 2. The maximum absolute atomic E-state index is 12.7. The van der Waals surface area contributed by atoms with Crippen LogP contribution in [0.25, 0.3) is 11.4 Å². The van der Waals surface area contributed by atoms with Crippen molar-refractivity contribution in [3.63, 3.8) is 0 Å². The van der Waals surface area contributed by atoms with E-state index in [9.17, 15) is 13.2 Å². The Balaban J connectivity index is 1.20. The second-order valence-electron chi connectivity index (χ2n) is 8.91.